The van der Waals surface area contributed by atoms with Crippen molar-refractivity contribution in [1.29, 1.82) is 0 Å². The first kappa shape index (κ1) is 15.6. The fraction of sp³-hybridized carbons (Fsp3) is 0.143. The Morgan fingerprint density at radius 3 is 3.00 bits per heavy atom. The summed E-state index contributed by atoms with van der Waals surface area (Å²) in [6.07, 6.45) is 2.98. The maximum absolute atomic E-state index is 11.9. The molecule has 0 radical (unpaired) electrons. The Balaban J connectivity index is 2.08. The number of aryl methyl sites for hydroxylation is 2. The maximum atomic E-state index is 11.9. The lowest BCUT2D eigenvalue weighted by molar-refractivity contribution is 0.934. The Morgan fingerprint density at radius 1 is 1.39 bits per heavy atom. The SMILES string of the molecule is Cc1nc(-c2c(C)nn3ccccc23)sc1C(N)=N/C=N/SF. The van der Waals surface area contributed by atoms with E-state index in [-0.39, 0.29) is 18.2 Å². The van der Waals surface area contributed by atoms with Crippen molar-refractivity contribution in [2.45, 2.75) is 13.8 Å². The zero-order valence-corrected chi connectivity index (χ0v) is 14.0. The van der Waals surface area contributed by atoms with Crippen LogP contribution in [-0.4, -0.2) is 26.8 Å². The van der Waals surface area contributed by atoms with E-state index in [0.29, 0.717) is 0 Å². The van der Waals surface area contributed by atoms with E-state index in [4.69, 9.17) is 5.73 Å². The van der Waals surface area contributed by atoms with E-state index < -0.39 is 0 Å². The Hall–Kier alpha value is -2.26. The van der Waals surface area contributed by atoms with Gasteiger partial charge in [0.2, 0.25) is 0 Å². The summed E-state index contributed by atoms with van der Waals surface area (Å²) in [7, 11) is 0. The molecule has 3 heterocycles. The molecule has 3 aromatic rings. The fourth-order valence-corrected chi connectivity index (χ4v) is 3.45. The van der Waals surface area contributed by atoms with E-state index in [9.17, 15) is 3.89 Å². The normalized spacial score (nSPS) is 12.6. The van der Waals surface area contributed by atoms with Crippen LogP contribution in [0.15, 0.2) is 33.8 Å². The number of thiazole rings is 1. The number of hydrogen-bond acceptors (Lipinski definition) is 5. The molecular formula is C14H13FN6S2. The number of nitrogens with zero attached hydrogens (tertiary/aromatic N) is 5. The summed E-state index contributed by atoms with van der Waals surface area (Å²) in [4.78, 5) is 9.25. The van der Waals surface area contributed by atoms with Crippen LogP contribution in [0.2, 0.25) is 0 Å². The van der Waals surface area contributed by atoms with Gasteiger partial charge in [0.1, 0.15) is 17.2 Å². The number of halogens is 1. The number of aliphatic imine (C=N–C) groups is 1. The van der Waals surface area contributed by atoms with Crippen LogP contribution in [0.25, 0.3) is 16.1 Å². The maximum Gasteiger partial charge on any atom is 0.188 e. The van der Waals surface area contributed by atoms with Crippen LogP contribution in [0.1, 0.15) is 16.3 Å². The van der Waals surface area contributed by atoms with Gasteiger partial charge < -0.3 is 5.73 Å². The molecule has 0 aliphatic rings. The van der Waals surface area contributed by atoms with Gasteiger partial charge in [-0.05, 0) is 26.0 Å². The van der Waals surface area contributed by atoms with E-state index in [1.54, 1.807) is 0 Å². The molecule has 0 saturated carbocycles. The average molecular weight is 348 g/mol. The molecule has 9 heteroatoms. The van der Waals surface area contributed by atoms with Crippen molar-refractivity contribution in [2.75, 3.05) is 0 Å². The molecule has 3 rings (SSSR count). The second-order valence-corrected chi connectivity index (χ2v) is 6.08. The molecule has 23 heavy (non-hydrogen) atoms. The van der Waals surface area contributed by atoms with Gasteiger partial charge in [-0.15, -0.1) is 15.2 Å². The number of hydrogen-bond donors (Lipinski definition) is 1. The van der Waals surface area contributed by atoms with Gasteiger partial charge in [0, 0.05) is 6.20 Å². The van der Waals surface area contributed by atoms with E-state index in [1.165, 1.54) is 11.3 Å². The summed E-state index contributed by atoms with van der Waals surface area (Å²) in [5.74, 6) is 0.262. The topological polar surface area (TPSA) is 80.9 Å². The van der Waals surface area contributed by atoms with E-state index >= 15 is 0 Å². The number of amidine groups is 1. The summed E-state index contributed by atoms with van der Waals surface area (Å²) >= 11 is 1.26. The summed E-state index contributed by atoms with van der Waals surface area (Å²) in [5.41, 5.74) is 9.55. The van der Waals surface area contributed by atoms with Crippen LogP contribution >= 0.6 is 23.7 Å². The number of rotatable bonds is 4. The highest BCUT2D eigenvalue weighted by Gasteiger charge is 2.18. The highest BCUT2D eigenvalue weighted by Crippen LogP contribution is 2.33. The fourth-order valence-electron chi connectivity index (χ4n) is 2.28. The van der Waals surface area contributed by atoms with Crippen LogP contribution in [0, 0.1) is 13.8 Å². The van der Waals surface area contributed by atoms with Crippen molar-refractivity contribution in [3.8, 4) is 10.6 Å². The predicted octanol–water partition coefficient (Wildman–Crippen LogP) is 3.34. The van der Waals surface area contributed by atoms with Gasteiger partial charge in [-0.2, -0.15) is 9.50 Å². The van der Waals surface area contributed by atoms with Gasteiger partial charge in [-0.1, -0.05) is 6.07 Å². The highest BCUT2D eigenvalue weighted by molar-refractivity contribution is 7.93. The van der Waals surface area contributed by atoms with Gasteiger partial charge in [0.25, 0.3) is 0 Å². The standard InChI is InChI=1S/C14H13FN6S2/c1-8-11(10-5-3-4-6-21(10)20-8)14-19-9(2)12(22-14)13(16)17-7-18-23-15/h3-7H,1-2H3,(H2,16,17,18). The summed E-state index contributed by atoms with van der Waals surface area (Å²) < 4.78 is 17.0. The minimum Gasteiger partial charge on any atom is -0.382 e. The molecule has 0 spiro atoms. The number of nitrogens with two attached hydrogens (primary N) is 1. The van der Waals surface area contributed by atoms with Crippen LogP contribution < -0.4 is 5.73 Å². The molecule has 0 fully saturated rings. The number of aromatic nitrogens is 3. The van der Waals surface area contributed by atoms with E-state index in [1.807, 2.05) is 42.8 Å². The first-order valence-corrected chi connectivity index (χ1v) is 8.16. The summed E-state index contributed by atoms with van der Waals surface area (Å²) in [5, 5.41) is 5.32. The molecule has 0 amide bonds. The first-order valence-electron chi connectivity index (χ1n) is 6.67. The quantitative estimate of drug-likeness (QED) is 0.445. The Bertz CT molecular complexity index is 911. The first-order chi connectivity index (χ1) is 11.1. The lowest BCUT2D eigenvalue weighted by atomic mass is 10.2. The Morgan fingerprint density at radius 2 is 2.22 bits per heavy atom. The molecule has 0 aliphatic carbocycles. The van der Waals surface area contributed by atoms with Crippen molar-refractivity contribution >= 4 is 41.4 Å². The molecule has 2 N–H and O–H groups in total. The zero-order chi connectivity index (χ0) is 16.4. The monoisotopic (exact) mass is 348 g/mol. The molecule has 0 aliphatic heterocycles. The third-order valence-corrected chi connectivity index (χ3v) is 4.61. The lowest BCUT2D eigenvalue weighted by Gasteiger charge is -1.95. The largest absolute Gasteiger partial charge is 0.382 e. The van der Waals surface area contributed by atoms with Gasteiger partial charge in [-0.25, -0.2) is 14.5 Å². The summed E-state index contributed by atoms with van der Waals surface area (Å²) in [6.45, 7) is 3.81. The Labute approximate surface area is 140 Å². The van der Waals surface area contributed by atoms with Crippen molar-refractivity contribution < 1.29 is 3.89 Å². The minimum atomic E-state index is -0.167. The van der Waals surface area contributed by atoms with Crippen LogP contribution in [0.3, 0.4) is 0 Å². The minimum absolute atomic E-state index is 0.167. The molecule has 3 aromatic heterocycles. The second-order valence-electron chi connectivity index (χ2n) is 4.73. The summed E-state index contributed by atoms with van der Waals surface area (Å²) in [6, 6.07) is 5.88. The average Bonchev–Trinajstić information content (AvgIpc) is 3.06. The van der Waals surface area contributed by atoms with Crippen molar-refractivity contribution in [3.05, 3.63) is 40.7 Å². The Kier molecular flexibility index (Phi) is 4.39. The van der Waals surface area contributed by atoms with Gasteiger partial charge in [0.05, 0.1) is 27.3 Å². The molecular weight excluding hydrogens is 335 g/mol. The van der Waals surface area contributed by atoms with E-state index in [0.717, 1.165) is 38.7 Å². The number of pyridine rings is 1. The lowest BCUT2D eigenvalue weighted by Crippen LogP contribution is -2.12. The third-order valence-electron chi connectivity index (χ3n) is 3.24. The molecule has 0 bridgehead atoms. The number of fused-ring (bicyclic) bond motifs is 1. The van der Waals surface area contributed by atoms with Crippen LogP contribution in [0.5, 0.6) is 0 Å². The third kappa shape index (κ3) is 2.97. The molecule has 6 nitrogen and oxygen atoms in total. The van der Waals surface area contributed by atoms with Crippen LogP contribution in [0.4, 0.5) is 3.89 Å². The molecule has 0 saturated heterocycles. The molecule has 0 unspecified atom stereocenters. The molecule has 118 valence electrons. The zero-order valence-electron chi connectivity index (χ0n) is 12.4. The van der Waals surface area contributed by atoms with E-state index in [2.05, 4.69) is 19.5 Å². The second kappa shape index (κ2) is 6.47. The van der Waals surface area contributed by atoms with Gasteiger partial charge in [-0.3, -0.25) is 0 Å². The van der Waals surface area contributed by atoms with Gasteiger partial charge >= 0.3 is 0 Å². The predicted molar refractivity (Wildman–Crippen MR) is 93.7 cm³/mol. The van der Waals surface area contributed by atoms with Crippen molar-refractivity contribution in [1.82, 2.24) is 14.6 Å². The molecule has 0 aromatic carbocycles. The smallest absolute Gasteiger partial charge is 0.188 e. The van der Waals surface area contributed by atoms with Crippen LogP contribution in [-0.2, 0) is 0 Å². The molecule has 0 atom stereocenters. The van der Waals surface area contributed by atoms with Crippen molar-refractivity contribution in [3.63, 3.8) is 0 Å². The highest BCUT2D eigenvalue weighted by atomic mass is 32.2. The van der Waals surface area contributed by atoms with Gasteiger partial charge in [0.15, 0.2) is 12.3 Å². The van der Waals surface area contributed by atoms with Crippen molar-refractivity contribution in [2.24, 2.45) is 15.1 Å².